The first-order chi connectivity index (χ1) is 8.06. The number of hydrogen-bond acceptors (Lipinski definition) is 3. The molecular weight excluding hydrogens is 220 g/mol. The molecule has 6 nitrogen and oxygen atoms in total. The zero-order valence-electron chi connectivity index (χ0n) is 10.1. The van der Waals surface area contributed by atoms with Crippen LogP contribution in [0.2, 0.25) is 0 Å². The molecule has 0 spiro atoms. The fourth-order valence-electron chi connectivity index (χ4n) is 1.93. The Morgan fingerprint density at radius 3 is 2.71 bits per heavy atom. The second-order valence-electron chi connectivity index (χ2n) is 4.24. The fraction of sp³-hybridized carbons (Fsp3) is 0.545. The molecule has 3 amide bonds. The maximum Gasteiger partial charge on any atom is 0.324 e. The molecule has 0 aromatic carbocycles. The molecule has 2 rings (SSSR count). The largest absolute Gasteiger partial charge is 0.324 e. The Balaban J connectivity index is 1.92. The summed E-state index contributed by atoms with van der Waals surface area (Å²) in [5.41, 5.74) is 2.05. The summed E-state index contributed by atoms with van der Waals surface area (Å²) < 4.78 is 1.87. The average molecular weight is 236 g/mol. The van der Waals surface area contributed by atoms with Crippen molar-refractivity contribution in [3.05, 3.63) is 17.5 Å². The number of urea groups is 1. The van der Waals surface area contributed by atoms with Crippen molar-refractivity contribution in [3.63, 3.8) is 0 Å². The number of carbonyl (C=O) groups excluding carboxylic acids is 2. The first-order valence-corrected chi connectivity index (χ1v) is 5.66. The summed E-state index contributed by atoms with van der Waals surface area (Å²) >= 11 is 0. The van der Waals surface area contributed by atoms with Gasteiger partial charge in [0.1, 0.15) is 0 Å². The average Bonchev–Trinajstić information content (AvgIpc) is 2.56. The minimum absolute atomic E-state index is 0.197. The molecule has 17 heavy (non-hydrogen) atoms. The molecule has 1 aromatic heterocycles. The number of nitrogens with one attached hydrogen (secondary N) is 1. The Morgan fingerprint density at radius 1 is 1.35 bits per heavy atom. The number of imide groups is 1. The molecule has 6 heteroatoms. The number of nitrogens with zero attached hydrogens (tertiary/aromatic N) is 3. The van der Waals surface area contributed by atoms with Crippen LogP contribution < -0.4 is 5.32 Å². The van der Waals surface area contributed by atoms with Gasteiger partial charge in [-0.25, -0.2) is 4.79 Å². The summed E-state index contributed by atoms with van der Waals surface area (Å²) in [5.74, 6) is -0.197. The lowest BCUT2D eigenvalue weighted by Crippen LogP contribution is -2.50. The predicted molar refractivity (Wildman–Crippen MR) is 61.4 cm³/mol. The van der Waals surface area contributed by atoms with E-state index in [9.17, 15) is 9.59 Å². The van der Waals surface area contributed by atoms with Crippen LogP contribution in [-0.4, -0.2) is 39.7 Å². The summed E-state index contributed by atoms with van der Waals surface area (Å²) in [6, 6.07) is 1.70. The maximum atomic E-state index is 11.5. The van der Waals surface area contributed by atoms with E-state index in [4.69, 9.17) is 0 Å². The lowest BCUT2D eigenvalue weighted by atomic mass is 10.3. The third-order valence-corrected chi connectivity index (χ3v) is 2.83. The van der Waals surface area contributed by atoms with E-state index in [1.807, 2.05) is 24.6 Å². The van der Waals surface area contributed by atoms with Crippen molar-refractivity contribution in [3.8, 4) is 0 Å². The fourth-order valence-corrected chi connectivity index (χ4v) is 1.93. The maximum absolute atomic E-state index is 11.5. The molecular formula is C11H16N4O2. The Bertz CT molecular complexity index is 452. The minimum Gasteiger partial charge on any atom is -0.322 e. The van der Waals surface area contributed by atoms with Gasteiger partial charge in [-0.05, 0) is 19.9 Å². The van der Waals surface area contributed by atoms with E-state index >= 15 is 0 Å². The van der Waals surface area contributed by atoms with Crippen LogP contribution in [0.4, 0.5) is 4.79 Å². The molecule has 1 saturated heterocycles. The summed E-state index contributed by atoms with van der Waals surface area (Å²) in [7, 11) is 0. The van der Waals surface area contributed by atoms with Crippen molar-refractivity contribution < 1.29 is 9.59 Å². The van der Waals surface area contributed by atoms with Crippen molar-refractivity contribution in [1.29, 1.82) is 0 Å². The molecule has 0 aliphatic carbocycles. The van der Waals surface area contributed by atoms with Crippen LogP contribution in [0, 0.1) is 13.8 Å². The summed E-state index contributed by atoms with van der Waals surface area (Å²) in [5, 5.41) is 6.63. The van der Waals surface area contributed by atoms with Crippen LogP contribution in [0.25, 0.3) is 0 Å². The lowest BCUT2D eigenvalue weighted by molar-refractivity contribution is -0.121. The molecule has 0 saturated carbocycles. The van der Waals surface area contributed by atoms with Crippen LogP contribution in [0.15, 0.2) is 6.07 Å². The molecule has 2 heterocycles. The molecule has 92 valence electrons. The first-order valence-electron chi connectivity index (χ1n) is 5.66. The van der Waals surface area contributed by atoms with Crippen LogP contribution in [0.1, 0.15) is 17.8 Å². The van der Waals surface area contributed by atoms with Gasteiger partial charge in [0, 0.05) is 25.2 Å². The highest BCUT2D eigenvalue weighted by Crippen LogP contribution is 2.04. The number of hydrogen-bond donors (Lipinski definition) is 1. The molecule has 0 unspecified atom stereocenters. The van der Waals surface area contributed by atoms with Crippen LogP contribution in [0.3, 0.4) is 0 Å². The topological polar surface area (TPSA) is 67.2 Å². The van der Waals surface area contributed by atoms with Crippen molar-refractivity contribution in [2.24, 2.45) is 0 Å². The Morgan fingerprint density at radius 2 is 2.12 bits per heavy atom. The van der Waals surface area contributed by atoms with E-state index in [0.29, 0.717) is 26.1 Å². The van der Waals surface area contributed by atoms with Gasteiger partial charge >= 0.3 is 6.03 Å². The molecule has 0 atom stereocenters. The van der Waals surface area contributed by atoms with Gasteiger partial charge in [0.05, 0.1) is 12.2 Å². The summed E-state index contributed by atoms with van der Waals surface area (Å²) in [6.45, 7) is 5.64. The SMILES string of the molecule is Cc1cc(C)n(CCN2CCC(=O)NC2=O)n1. The Kier molecular flexibility index (Phi) is 3.12. The number of rotatable bonds is 3. The van der Waals surface area contributed by atoms with Gasteiger partial charge in [0.2, 0.25) is 5.91 Å². The van der Waals surface area contributed by atoms with Gasteiger partial charge in [0.25, 0.3) is 0 Å². The zero-order chi connectivity index (χ0) is 12.4. The highest BCUT2D eigenvalue weighted by atomic mass is 16.2. The first kappa shape index (κ1) is 11.6. The van der Waals surface area contributed by atoms with E-state index in [1.165, 1.54) is 0 Å². The van der Waals surface area contributed by atoms with Gasteiger partial charge in [-0.3, -0.25) is 14.8 Å². The highest BCUT2D eigenvalue weighted by Gasteiger charge is 2.22. The third-order valence-electron chi connectivity index (χ3n) is 2.83. The van der Waals surface area contributed by atoms with Crippen LogP contribution >= 0.6 is 0 Å². The van der Waals surface area contributed by atoms with Crippen LogP contribution in [0.5, 0.6) is 0 Å². The van der Waals surface area contributed by atoms with E-state index in [0.717, 1.165) is 11.4 Å². The number of amides is 3. The van der Waals surface area contributed by atoms with E-state index < -0.39 is 0 Å². The monoisotopic (exact) mass is 236 g/mol. The molecule has 1 aliphatic rings. The molecule has 1 aliphatic heterocycles. The van der Waals surface area contributed by atoms with E-state index in [2.05, 4.69) is 10.4 Å². The standard InChI is InChI=1S/C11H16N4O2/c1-8-7-9(2)15(13-8)6-5-14-4-3-10(16)12-11(14)17/h7H,3-6H2,1-2H3,(H,12,16,17). The van der Waals surface area contributed by atoms with Crippen molar-refractivity contribution in [2.75, 3.05) is 13.1 Å². The van der Waals surface area contributed by atoms with Crippen molar-refractivity contribution in [1.82, 2.24) is 20.0 Å². The molecule has 1 N–H and O–H groups in total. The normalized spacial score (nSPS) is 16.2. The van der Waals surface area contributed by atoms with Crippen LogP contribution in [-0.2, 0) is 11.3 Å². The molecule has 1 aromatic rings. The second-order valence-corrected chi connectivity index (χ2v) is 4.24. The van der Waals surface area contributed by atoms with Gasteiger partial charge in [-0.15, -0.1) is 0 Å². The predicted octanol–water partition coefficient (Wildman–Crippen LogP) is 0.442. The molecule has 1 fully saturated rings. The quantitative estimate of drug-likeness (QED) is 0.828. The number of aryl methyl sites for hydroxylation is 2. The number of carbonyl (C=O) groups is 2. The van der Waals surface area contributed by atoms with Gasteiger partial charge in [-0.1, -0.05) is 0 Å². The Hall–Kier alpha value is -1.85. The van der Waals surface area contributed by atoms with Gasteiger partial charge in [-0.2, -0.15) is 5.10 Å². The van der Waals surface area contributed by atoms with Crippen molar-refractivity contribution >= 4 is 11.9 Å². The van der Waals surface area contributed by atoms with Gasteiger partial charge in [0.15, 0.2) is 0 Å². The van der Waals surface area contributed by atoms with E-state index in [-0.39, 0.29) is 11.9 Å². The summed E-state index contributed by atoms with van der Waals surface area (Å²) in [6.07, 6.45) is 0.378. The third kappa shape index (κ3) is 2.64. The van der Waals surface area contributed by atoms with Crippen molar-refractivity contribution in [2.45, 2.75) is 26.8 Å². The zero-order valence-corrected chi connectivity index (χ0v) is 10.1. The molecule has 0 radical (unpaired) electrons. The smallest absolute Gasteiger partial charge is 0.322 e. The molecule has 0 bridgehead atoms. The Labute approximate surface area is 99.6 Å². The highest BCUT2D eigenvalue weighted by molar-refractivity contribution is 5.96. The second kappa shape index (κ2) is 4.57. The van der Waals surface area contributed by atoms with E-state index in [1.54, 1.807) is 4.90 Å². The number of aromatic nitrogens is 2. The lowest BCUT2D eigenvalue weighted by Gasteiger charge is -2.26. The minimum atomic E-state index is -0.303. The summed E-state index contributed by atoms with van der Waals surface area (Å²) in [4.78, 5) is 24.1. The van der Waals surface area contributed by atoms with Gasteiger partial charge < -0.3 is 4.90 Å².